The summed E-state index contributed by atoms with van der Waals surface area (Å²) in [6.45, 7) is 1.73. The second kappa shape index (κ2) is 4.02. The van der Waals surface area contributed by atoms with Crippen molar-refractivity contribution >= 4 is 11.6 Å². The van der Waals surface area contributed by atoms with Gasteiger partial charge in [0.15, 0.2) is 5.75 Å². The van der Waals surface area contributed by atoms with Crippen molar-refractivity contribution in [1.82, 2.24) is 10.3 Å². The summed E-state index contributed by atoms with van der Waals surface area (Å²) < 4.78 is 10.7. The zero-order chi connectivity index (χ0) is 9.97. The maximum atomic E-state index is 5.72. The van der Waals surface area contributed by atoms with E-state index in [1.807, 2.05) is 0 Å². The molecule has 0 radical (unpaired) electrons. The molecule has 76 valence electrons. The first-order chi connectivity index (χ1) is 6.79. The van der Waals surface area contributed by atoms with Crippen LogP contribution in [0, 0.1) is 0 Å². The van der Waals surface area contributed by atoms with E-state index < -0.39 is 0 Å². The average molecular weight is 215 g/mol. The van der Waals surface area contributed by atoms with Crippen LogP contribution in [0.4, 0.5) is 0 Å². The summed E-state index contributed by atoms with van der Waals surface area (Å²) in [6.07, 6.45) is 0.215. The van der Waals surface area contributed by atoms with E-state index in [0.717, 1.165) is 13.1 Å². The predicted molar refractivity (Wildman–Crippen MR) is 53.1 cm³/mol. The van der Waals surface area contributed by atoms with E-state index in [1.165, 1.54) is 0 Å². The number of aromatic nitrogens is 1. The van der Waals surface area contributed by atoms with E-state index in [2.05, 4.69) is 10.3 Å². The number of hydrogen-bond acceptors (Lipinski definition) is 4. The highest BCUT2D eigenvalue weighted by Gasteiger charge is 2.20. The largest absolute Gasteiger partial charge is 0.482 e. The Morgan fingerprint density at radius 2 is 2.29 bits per heavy atom. The van der Waals surface area contributed by atoms with Crippen LogP contribution < -0.4 is 14.8 Å². The number of nitrogens with one attached hydrogen (secondary N) is 1. The number of pyridine rings is 1. The summed E-state index contributed by atoms with van der Waals surface area (Å²) in [5, 5.41) is 3.52. The van der Waals surface area contributed by atoms with Crippen LogP contribution >= 0.6 is 11.6 Å². The Hall–Kier alpha value is -1.00. The molecule has 14 heavy (non-hydrogen) atoms. The van der Waals surface area contributed by atoms with E-state index in [0.29, 0.717) is 16.8 Å². The van der Waals surface area contributed by atoms with Crippen molar-refractivity contribution in [3.63, 3.8) is 0 Å². The lowest BCUT2D eigenvalue weighted by Crippen LogP contribution is -2.50. The molecule has 1 saturated heterocycles. The minimum absolute atomic E-state index is 0.215. The van der Waals surface area contributed by atoms with E-state index in [9.17, 15) is 0 Å². The van der Waals surface area contributed by atoms with E-state index in [1.54, 1.807) is 19.2 Å². The molecule has 1 aliphatic rings. The lowest BCUT2D eigenvalue weighted by atomic mass is 10.2. The number of methoxy groups -OCH3 is 1. The Kier molecular flexibility index (Phi) is 2.74. The van der Waals surface area contributed by atoms with Crippen LogP contribution in [0.3, 0.4) is 0 Å². The summed E-state index contributed by atoms with van der Waals surface area (Å²) in [5.74, 6) is 1.08. The van der Waals surface area contributed by atoms with Gasteiger partial charge in [-0.3, -0.25) is 0 Å². The summed E-state index contributed by atoms with van der Waals surface area (Å²) >= 11 is 5.72. The molecule has 0 bridgehead atoms. The van der Waals surface area contributed by atoms with Crippen molar-refractivity contribution in [2.45, 2.75) is 6.10 Å². The number of rotatable bonds is 3. The summed E-state index contributed by atoms with van der Waals surface area (Å²) in [6, 6.07) is 3.46. The predicted octanol–water partition coefficient (Wildman–Crippen LogP) is 1.09. The molecular weight excluding hydrogens is 204 g/mol. The quantitative estimate of drug-likeness (QED) is 0.766. The molecule has 2 rings (SSSR count). The summed E-state index contributed by atoms with van der Waals surface area (Å²) in [7, 11) is 1.55. The molecule has 5 heteroatoms. The van der Waals surface area contributed by atoms with Gasteiger partial charge < -0.3 is 14.8 Å². The van der Waals surface area contributed by atoms with Crippen LogP contribution in [0.2, 0.25) is 5.15 Å². The zero-order valence-electron chi connectivity index (χ0n) is 7.79. The van der Waals surface area contributed by atoms with Crippen LogP contribution in [0.25, 0.3) is 0 Å². The maximum absolute atomic E-state index is 5.72. The summed E-state index contributed by atoms with van der Waals surface area (Å²) in [4.78, 5) is 4.00. The number of ether oxygens (including phenoxy) is 2. The minimum atomic E-state index is 0.215. The second-order valence-electron chi connectivity index (χ2n) is 3.04. The van der Waals surface area contributed by atoms with Crippen molar-refractivity contribution < 1.29 is 9.47 Å². The molecule has 1 aliphatic heterocycles. The molecule has 0 saturated carbocycles. The van der Waals surface area contributed by atoms with Gasteiger partial charge in [-0.05, 0) is 12.1 Å². The molecule has 1 N–H and O–H groups in total. The standard InChI is InChI=1S/C9H11ClN2O2/c1-13-9-7(2-3-8(10)12-9)14-6-4-11-5-6/h2-3,6,11H,4-5H2,1H3. The Morgan fingerprint density at radius 3 is 2.86 bits per heavy atom. The van der Waals surface area contributed by atoms with Crippen molar-refractivity contribution in [3.8, 4) is 11.6 Å². The normalized spacial score (nSPS) is 16.1. The molecule has 0 aromatic carbocycles. The molecule has 0 aliphatic carbocycles. The van der Waals surface area contributed by atoms with Crippen LogP contribution in [0.15, 0.2) is 12.1 Å². The first-order valence-corrected chi connectivity index (χ1v) is 4.75. The highest BCUT2D eigenvalue weighted by atomic mass is 35.5. The summed E-state index contributed by atoms with van der Waals surface area (Å²) in [5.41, 5.74) is 0. The first-order valence-electron chi connectivity index (χ1n) is 4.37. The van der Waals surface area contributed by atoms with Gasteiger partial charge in [0.05, 0.1) is 7.11 Å². The number of halogens is 1. The van der Waals surface area contributed by atoms with E-state index in [4.69, 9.17) is 21.1 Å². The van der Waals surface area contributed by atoms with Crippen molar-refractivity contribution in [3.05, 3.63) is 17.3 Å². The lowest BCUT2D eigenvalue weighted by Gasteiger charge is -2.28. The smallest absolute Gasteiger partial charge is 0.258 e. The first kappa shape index (κ1) is 9.55. The van der Waals surface area contributed by atoms with Gasteiger partial charge in [-0.15, -0.1) is 0 Å². The fraction of sp³-hybridized carbons (Fsp3) is 0.444. The van der Waals surface area contributed by atoms with Crippen LogP contribution in [0.5, 0.6) is 11.6 Å². The maximum Gasteiger partial charge on any atom is 0.258 e. The van der Waals surface area contributed by atoms with Crippen LogP contribution in [-0.4, -0.2) is 31.3 Å². The lowest BCUT2D eigenvalue weighted by molar-refractivity contribution is 0.136. The highest BCUT2D eigenvalue weighted by Crippen LogP contribution is 2.27. The van der Waals surface area contributed by atoms with Crippen LogP contribution in [-0.2, 0) is 0 Å². The zero-order valence-corrected chi connectivity index (χ0v) is 8.54. The van der Waals surface area contributed by atoms with Crippen molar-refractivity contribution in [2.75, 3.05) is 20.2 Å². The fourth-order valence-electron chi connectivity index (χ4n) is 1.17. The van der Waals surface area contributed by atoms with Gasteiger partial charge in [0.2, 0.25) is 0 Å². The SMILES string of the molecule is COc1nc(Cl)ccc1OC1CNC1. The highest BCUT2D eigenvalue weighted by molar-refractivity contribution is 6.29. The molecule has 4 nitrogen and oxygen atoms in total. The Morgan fingerprint density at radius 1 is 1.50 bits per heavy atom. The van der Waals surface area contributed by atoms with Gasteiger partial charge in [0.25, 0.3) is 5.88 Å². The second-order valence-corrected chi connectivity index (χ2v) is 3.43. The van der Waals surface area contributed by atoms with E-state index in [-0.39, 0.29) is 6.10 Å². The molecule has 1 aromatic heterocycles. The Labute approximate surface area is 87.2 Å². The van der Waals surface area contributed by atoms with Crippen molar-refractivity contribution in [2.24, 2.45) is 0 Å². The van der Waals surface area contributed by atoms with Crippen molar-refractivity contribution in [1.29, 1.82) is 0 Å². The Bertz CT molecular complexity index is 329. The molecule has 1 aromatic rings. The monoisotopic (exact) mass is 214 g/mol. The molecule has 0 atom stereocenters. The van der Waals surface area contributed by atoms with Gasteiger partial charge in [-0.2, -0.15) is 4.98 Å². The van der Waals surface area contributed by atoms with Gasteiger partial charge in [-0.25, -0.2) is 0 Å². The number of nitrogens with zero attached hydrogens (tertiary/aromatic N) is 1. The average Bonchev–Trinajstić information content (AvgIpc) is 2.13. The fourth-order valence-corrected chi connectivity index (χ4v) is 1.31. The number of hydrogen-bond donors (Lipinski definition) is 1. The molecule has 1 fully saturated rings. The molecule has 0 unspecified atom stereocenters. The molecule has 2 heterocycles. The molecule has 0 amide bonds. The third-order valence-corrected chi connectivity index (χ3v) is 2.23. The van der Waals surface area contributed by atoms with Gasteiger partial charge in [0.1, 0.15) is 11.3 Å². The third kappa shape index (κ3) is 1.91. The van der Waals surface area contributed by atoms with Gasteiger partial charge in [-0.1, -0.05) is 11.6 Å². The minimum Gasteiger partial charge on any atom is -0.482 e. The van der Waals surface area contributed by atoms with Crippen LogP contribution in [0.1, 0.15) is 0 Å². The van der Waals surface area contributed by atoms with Gasteiger partial charge in [0, 0.05) is 13.1 Å². The van der Waals surface area contributed by atoms with Gasteiger partial charge >= 0.3 is 0 Å². The topological polar surface area (TPSA) is 43.4 Å². The van der Waals surface area contributed by atoms with E-state index >= 15 is 0 Å². The Balaban J connectivity index is 2.14. The molecular formula is C9H11ClN2O2. The molecule has 0 spiro atoms. The third-order valence-electron chi connectivity index (χ3n) is 2.02.